The molecule has 146 valence electrons. The molecule has 1 unspecified atom stereocenters. The Morgan fingerprint density at radius 1 is 1.07 bits per heavy atom. The molecule has 2 aromatic carbocycles. The van der Waals surface area contributed by atoms with Crippen LogP contribution in [0.15, 0.2) is 66.3 Å². The second kappa shape index (κ2) is 7.99. The molecule has 5 rings (SSSR count). The van der Waals surface area contributed by atoms with E-state index in [2.05, 4.69) is 80.6 Å². The van der Waals surface area contributed by atoms with Gasteiger partial charge >= 0.3 is 188 Å². The van der Waals surface area contributed by atoms with Crippen molar-refractivity contribution in [3.05, 3.63) is 88.5 Å². The molecule has 0 saturated carbocycles. The number of allylic oxidation sites excluding steroid dienone is 5. The first-order chi connectivity index (χ1) is 14.2. The summed E-state index contributed by atoms with van der Waals surface area (Å²) in [4.78, 5) is 0. The SMILES string of the molecule is CCCC[C]1([Zr][CH]2C(C)=Cc3c2cc2c(c3-c3ccccc3)CCC2)C=CC=C1. The Kier molecular flexibility index (Phi) is 5.38. The van der Waals surface area contributed by atoms with Crippen molar-refractivity contribution in [2.75, 3.05) is 0 Å². The number of hydrogen-bond donors (Lipinski definition) is 0. The first-order valence-electron chi connectivity index (χ1n) is 11.3. The molecule has 0 saturated heterocycles. The average Bonchev–Trinajstić information content (AvgIpc) is 3.46. The van der Waals surface area contributed by atoms with Crippen LogP contribution in [-0.2, 0) is 36.1 Å². The molecule has 2 aromatic rings. The van der Waals surface area contributed by atoms with Crippen molar-refractivity contribution in [2.24, 2.45) is 0 Å². The Balaban J connectivity index is 1.60. The van der Waals surface area contributed by atoms with Crippen LogP contribution >= 0.6 is 0 Å². The summed E-state index contributed by atoms with van der Waals surface area (Å²) >= 11 is -0.727. The summed E-state index contributed by atoms with van der Waals surface area (Å²) in [5, 5.41) is 0. The van der Waals surface area contributed by atoms with Crippen LogP contribution in [0, 0.1) is 0 Å². The van der Waals surface area contributed by atoms with Crippen LogP contribution in [0.2, 0.25) is 3.12 Å². The normalized spacial score (nSPS) is 20.6. The standard InChI is InChI=1S/C19H17.C9H13.Zr/c1-13-10-16-12-15-8-5-9-17(15)19(18(16)11-13)14-6-3-2-4-7-14;1-2-3-6-9-7-4-5-8-9;/h2-4,6-7,10-12H,5,8-9H2,1H3;4-5,7-8H,2-3,6H2,1H3;. The van der Waals surface area contributed by atoms with Crippen LogP contribution in [-0.4, -0.2) is 0 Å². The fourth-order valence-electron chi connectivity index (χ4n) is 5.44. The van der Waals surface area contributed by atoms with E-state index in [9.17, 15) is 0 Å². The van der Waals surface area contributed by atoms with Gasteiger partial charge < -0.3 is 0 Å². The van der Waals surface area contributed by atoms with Crippen LogP contribution in [0.4, 0.5) is 0 Å². The molecular formula is C28H30Zr. The molecule has 3 aliphatic rings. The molecule has 29 heavy (non-hydrogen) atoms. The third-order valence-electron chi connectivity index (χ3n) is 6.93. The van der Waals surface area contributed by atoms with Crippen molar-refractivity contribution in [1.29, 1.82) is 0 Å². The number of unbranched alkanes of at least 4 members (excludes halogenated alkanes) is 1. The third-order valence-corrected chi connectivity index (χ3v) is 12.3. The monoisotopic (exact) mass is 456 g/mol. The van der Waals surface area contributed by atoms with Crippen molar-refractivity contribution in [3.63, 3.8) is 0 Å². The average molecular weight is 458 g/mol. The van der Waals surface area contributed by atoms with Gasteiger partial charge in [-0.25, -0.2) is 0 Å². The van der Waals surface area contributed by atoms with Crippen LogP contribution in [0.3, 0.4) is 0 Å². The molecule has 3 aliphatic carbocycles. The van der Waals surface area contributed by atoms with Crippen molar-refractivity contribution < 1.29 is 23.2 Å². The number of rotatable bonds is 6. The Bertz CT molecular complexity index is 994. The summed E-state index contributed by atoms with van der Waals surface area (Å²) in [7, 11) is 0. The molecular weight excluding hydrogens is 428 g/mol. The maximum absolute atomic E-state index is 2.62. The van der Waals surface area contributed by atoms with Gasteiger partial charge in [0.25, 0.3) is 0 Å². The van der Waals surface area contributed by atoms with E-state index < -0.39 is 23.2 Å². The Morgan fingerprint density at radius 2 is 1.86 bits per heavy atom. The van der Waals surface area contributed by atoms with E-state index in [1.54, 1.807) is 33.4 Å². The van der Waals surface area contributed by atoms with E-state index in [1.807, 2.05) is 0 Å². The van der Waals surface area contributed by atoms with Gasteiger partial charge in [0.2, 0.25) is 0 Å². The minimum atomic E-state index is -0.727. The molecule has 0 nitrogen and oxygen atoms in total. The van der Waals surface area contributed by atoms with Crippen molar-refractivity contribution in [3.8, 4) is 11.1 Å². The van der Waals surface area contributed by atoms with Gasteiger partial charge in [0, 0.05) is 0 Å². The zero-order valence-corrected chi connectivity index (χ0v) is 20.1. The van der Waals surface area contributed by atoms with E-state index in [4.69, 9.17) is 0 Å². The summed E-state index contributed by atoms with van der Waals surface area (Å²) in [5.41, 5.74) is 11.1. The summed E-state index contributed by atoms with van der Waals surface area (Å²) in [5.74, 6) is 0. The Morgan fingerprint density at radius 3 is 2.62 bits per heavy atom. The van der Waals surface area contributed by atoms with Crippen molar-refractivity contribution in [2.45, 2.75) is 59.1 Å². The van der Waals surface area contributed by atoms with E-state index in [1.165, 1.54) is 44.1 Å². The van der Waals surface area contributed by atoms with Gasteiger partial charge in [0.15, 0.2) is 0 Å². The van der Waals surface area contributed by atoms with Gasteiger partial charge in [-0.15, -0.1) is 0 Å². The Hall–Kier alpha value is -1.46. The molecule has 0 N–H and O–H groups in total. The van der Waals surface area contributed by atoms with Gasteiger partial charge in [-0.05, 0) is 0 Å². The number of aryl methyl sites for hydroxylation is 1. The summed E-state index contributed by atoms with van der Waals surface area (Å²) in [6.45, 7) is 4.73. The van der Waals surface area contributed by atoms with Gasteiger partial charge in [0.1, 0.15) is 0 Å². The zero-order valence-electron chi connectivity index (χ0n) is 17.7. The fraction of sp³-hybridized carbons (Fsp3) is 0.357. The van der Waals surface area contributed by atoms with E-state index in [0.29, 0.717) is 6.75 Å². The van der Waals surface area contributed by atoms with Gasteiger partial charge in [-0.3, -0.25) is 0 Å². The zero-order chi connectivity index (χ0) is 19.8. The van der Waals surface area contributed by atoms with Gasteiger partial charge in [-0.2, -0.15) is 0 Å². The minimum absolute atomic E-state index is 0.409. The third kappa shape index (κ3) is 3.50. The second-order valence-corrected chi connectivity index (χ2v) is 13.4. The molecule has 0 radical (unpaired) electrons. The van der Waals surface area contributed by atoms with Crippen LogP contribution < -0.4 is 0 Å². The Labute approximate surface area is 187 Å². The molecule has 0 fully saturated rings. The molecule has 0 heterocycles. The van der Waals surface area contributed by atoms with Crippen LogP contribution in [0.5, 0.6) is 0 Å². The van der Waals surface area contributed by atoms with E-state index in [0.717, 1.165) is 0 Å². The molecule has 0 amide bonds. The summed E-state index contributed by atoms with van der Waals surface area (Å²) in [6.07, 6.45) is 20.1. The summed E-state index contributed by atoms with van der Waals surface area (Å²) < 4.78 is 1.12. The molecule has 0 aromatic heterocycles. The quantitative estimate of drug-likeness (QED) is 0.414. The molecule has 1 atom stereocenters. The van der Waals surface area contributed by atoms with Crippen LogP contribution in [0.1, 0.15) is 65.4 Å². The van der Waals surface area contributed by atoms with Gasteiger partial charge in [0.05, 0.1) is 0 Å². The summed E-state index contributed by atoms with van der Waals surface area (Å²) in [6, 6.07) is 13.8. The molecule has 1 heteroatoms. The van der Waals surface area contributed by atoms with E-state index in [-0.39, 0.29) is 0 Å². The van der Waals surface area contributed by atoms with Crippen molar-refractivity contribution in [1.82, 2.24) is 0 Å². The second-order valence-electron chi connectivity index (χ2n) is 8.94. The number of hydrogen-bond acceptors (Lipinski definition) is 0. The topological polar surface area (TPSA) is 0 Å². The predicted octanol–water partition coefficient (Wildman–Crippen LogP) is 7.86. The number of fused-ring (bicyclic) bond motifs is 2. The van der Waals surface area contributed by atoms with Crippen molar-refractivity contribution >= 4 is 6.08 Å². The molecule has 0 spiro atoms. The van der Waals surface area contributed by atoms with Crippen LogP contribution in [0.25, 0.3) is 17.2 Å². The molecule has 0 aliphatic heterocycles. The van der Waals surface area contributed by atoms with E-state index >= 15 is 0 Å². The fourth-order valence-corrected chi connectivity index (χ4v) is 10.2. The number of benzene rings is 2. The van der Waals surface area contributed by atoms with Gasteiger partial charge in [-0.1, -0.05) is 0 Å². The first-order valence-corrected chi connectivity index (χ1v) is 13.9. The maximum atomic E-state index is 2.62. The first kappa shape index (κ1) is 19.5. The predicted molar refractivity (Wildman–Crippen MR) is 121 cm³/mol. The molecule has 0 bridgehead atoms.